The molecule has 0 bridgehead atoms. The molecule has 0 aromatic heterocycles. The Morgan fingerprint density at radius 3 is 2.29 bits per heavy atom. The van der Waals surface area contributed by atoms with Crippen LogP contribution in [0.1, 0.15) is 68.9 Å². The van der Waals surface area contributed by atoms with Crippen molar-refractivity contribution >= 4 is 21.6 Å². The second kappa shape index (κ2) is 9.30. The first kappa shape index (κ1) is 23.1. The Labute approximate surface area is 185 Å². The number of para-hydroxylation sites is 1. The largest absolute Gasteiger partial charge is 0.487 e. The van der Waals surface area contributed by atoms with Crippen molar-refractivity contribution in [2.45, 2.75) is 58.6 Å². The first-order valence-electron chi connectivity index (χ1n) is 11.0. The lowest BCUT2D eigenvalue weighted by molar-refractivity contribution is 0.0227. The first-order chi connectivity index (χ1) is 14.8. The van der Waals surface area contributed by atoms with Gasteiger partial charge in [0.1, 0.15) is 11.4 Å². The number of hydrogen-bond acceptors (Lipinski definition) is 4. The Morgan fingerprint density at radius 1 is 1.06 bits per heavy atom. The van der Waals surface area contributed by atoms with Crippen molar-refractivity contribution in [1.29, 1.82) is 0 Å². The Hall–Kier alpha value is -2.54. The number of fused-ring (bicyclic) bond motifs is 1. The van der Waals surface area contributed by atoms with Crippen molar-refractivity contribution in [1.82, 2.24) is 5.32 Å². The highest BCUT2D eigenvalue weighted by molar-refractivity contribution is 7.92. The van der Waals surface area contributed by atoms with Crippen LogP contribution >= 0.6 is 0 Å². The van der Waals surface area contributed by atoms with Crippen LogP contribution in [0.15, 0.2) is 48.5 Å². The number of hydrogen-bond donors (Lipinski definition) is 1. The van der Waals surface area contributed by atoms with E-state index >= 15 is 0 Å². The summed E-state index contributed by atoms with van der Waals surface area (Å²) in [5, 5.41) is 3.17. The van der Waals surface area contributed by atoms with Crippen LogP contribution in [0.4, 0.5) is 5.69 Å². The fraction of sp³-hybridized carbons (Fsp3) is 0.458. The molecule has 0 fully saturated rings. The SMILES string of the molecule is CCN(c1ccc(C(=O)N[C@@H]2CC(CC)(CC)Oc3ccccc32)cc1)S(=O)(=O)CC. The molecular formula is C24H32N2O4S. The minimum Gasteiger partial charge on any atom is -0.487 e. The summed E-state index contributed by atoms with van der Waals surface area (Å²) < 4.78 is 32.2. The summed E-state index contributed by atoms with van der Waals surface area (Å²) >= 11 is 0. The van der Waals surface area contributed by atoms with E-state index in [4.69, 9.17) is 4.74 Å². The van der Waals surface area contributed by atoms with E-state index in [2.05, 4.69) is 19.2 Å². The van der Waals surface area contributed by atoms with E-state index in [1.54, 1.807) is 38.1 Å². The van der Waals surface area contributed by atoms with Crippen molar-refractivity contribution in [2.24, 2.45) is 0 Å². The first-order valence-corrected chi connectivity index (χ1v) is 12.6. The van der Waals surface area contributed by atoms with Gasteiger partial charge in [-0.05, 0) is 57.0 Å². The molecule has 1 heterocycles. The third kappa shape index (κ3) is 4.71. The lowest BCUT2D eigenvalue weighted by Crippen LogP contribution is -2.44. The van der Waals surface area contributed by atoms with Crippen molar-refractivity contribution < 1.29 is 17.9 Å². The molecule has 3 rings (SSSR count). The molecule has 168 valence electrons. The lowest BCUT2D eigenvalue weighted by atomic mass is 9.83. The molecule has 1 amide bonds. The van der Waals surface area contributed by atoms with Gasteiger partial charge in [-0.25, -0.2) is 8.42 Å². The summed E-state index contributed by atoms with van der Waals surface area (Å²) in [7, 11) is -3.35. The molecule has 1 aliphatic heterocycles. The molecule has 0 saturated heterocycles. The monoisotopic (exact) mass is 444 g/mol. The van der Waals surface area contributed by atoms with Crippen molar-refractivity contribution in [3.63, 3.8) is 0 Å². The third-order valence-electron chi connectivity index (χ3n) is 6.20. The van der Waals surface area contributed by atoms with Crippen molar-refractivity contribution in [3.8, 4) is 5.75 Å². The molecule has 31 heavy (non-hydrogen) atoms. The summed E-state index contributed by atoms with van der Waals surface area (Å²) in [5.41, 5.74) is 1.74. The maximum Gasteiger partial charge on any atom is 0.251 e. The molecule has 1 aliphatic rings. The van der Waals surface area contributed by atoms with E-state index in [0.29, 0.717) is 24.2 Å². The van der Waals surface area contributed by atoms with Gasteiger partial charge in [0.05, 0.1) is 17.5 Å². The van der Waals surface area contributed by atoms with Crippen molar-refractivity contribution in [2.75, 3.05) is 16.6 Å². The minimum atomic E-state index is -3.35. The highest BCUT2D eigenvalue weighted by atomic mass is 32.2. The van der Waals surface area contributed by atoms with Crippen LogP contribution in [-0.2, 0) is 10.0 Å². The highest BCUT2D eigenvalue weighted by Crippen LogP contribution is 2.42. The van der Waals surface area contributed by atoms with E-state index < -0.39 is 10.0 Å². The van der Waals surface area contributed by atoms with Crippen LogP contribution in [0.3, 0.4) is 0 Å². The molecule has 2 aromatic rings. The number of nitrogens with zero attached hydrogens (tertiary/aromatic N) is 1. The predicted octanol–water partition coefficient (Wildman–Crippen LogP) is 4.68. The summed E-state index contributed by atoms with van der Waals surface area (Å²) in [6, 6.07) is 14.4. The molecule has 0 unspecified atom stereocenters. The number of amides is 1. The van der Waals surface area contributed by atoms with Gasteiger partial charge in [-0.15, -0.1) is 0 Å². The maximum atomic E-state index is 13.0. The average Bonchev–Trinajstić information content (AvgIpc) is 2.79. The second-order valence-electron chi connectivity index (χ2n) is 7.87. The zero-order chi connectivity index (χ0) is 22.6. The Kier molecular flexibility index (Phi) is 6.94. The summed E-state index contributed by atoms with van der Waals surface area (Å²) in [6.45, 7) is 7.98. The summed E-state index contributed by atoms with van der Waals surface area (Å²) in [4.78, 5) is 13.0. The third-order valence-corrected chi connectivity index (χ3v) is 8.07. The number of carbonyl (C=O) groups is 1. The fourth-order valence-corrected chi connectivity index (χ4v) is 5.29. The molecular weight excluding hydrogens is 412 g/mol. The number of benzene rings is 2. The zero-order valence-electron chi connectivity index (χ0n) is 18.7. The molecule has 7 heteroatoms. The molecule has 0 radical (unpaired) electrons. The standard InChI is InChI=1S/C24H32N2O4S/c1-5-24(6-2)17-21(20-11-9-10-12-22(20)30-24)25-23(27)18-13-15-19(16-14-18)26(7-3)31(28,29)8-4/h9-16,21H,5-8,17H2,1-4H3,(H,25,27)/t21-/m1/s1. The van der Waals surface area contributed by atoms with Gasteiger partial charge in [0.2, 0.25) is 10.0 Å². The lowest BCUT2D eigenvalue weighted by Gasteiger charge is -2.41. The van der Waals surface area contributed by atoms with Crippen LogP contribution in [0.25, 0.3) is 0 Å². The normalized spacial score (nSPS) is 17.4. The number of nitrogens with one attached hydrogen (secondary N) is 1. The van der Waals surface area contributed by atoms with Gasteiger partial charge < -0.3 is 10.1 Å². The van der Waals surface area contributed by atoms with Crippen LogP contribution in [0, 0.1) is 0 Å². The number of rotatable bonds is 8. The van der Waals surface area contributed by atoms with E-state index in [1.165, 1.54) is 4.31 Å². The highest BCUT2D eigenvalue weighted by Gasteiger charge is 2.39. The van der Waals surface area contributed by atoms with Gasteiger partial charge in [0, 0.05) is 24.1 Å². The van der Waals surface area contributed by atoms with Crippen LogP contribution in [-0.4, -0.2) is 32.2 Å². The smallest absolute Gasteiger partial charge is 0.251 e. The number of carbonyl (C=O) groups excluding carboxylic acids is 1. The number of anilines is 1. The number of sulfonamides is 1. The fourth-order valence-electron chi connectivity index (χ4n) is 4.15. The zero-order valence-corrected chi connectivity index (χ0v) is 19.5. The van der Waals surface area contributed by atoms with Crippen molar-refractivity contribution in [3.05, 3.63) is 59.7 Å². The topological polar surface area (TPSA) is 75.7 Å². The van der Waals surface area contributed by atoms with Gasteiger partial charge in [-0.2, -0.15) is 0 Å². The van der Waals surface area contributed by atoms with Crippen LogP contribution in [0.2, 0.25) is 0 Å². The quantitative estimate of drug-likeness (QED) is 0.642. The van der Waals surface area contributed by atoms with Gasteiger partial charge in [0.15, 0.2) is 0 Å². The molecule has 0 aliphatic carbocycles. The second-order valence-corrected chi connectivity index (χ2v) is 10.1. The minimum absolute atomic E-state index is 0.0306. The average molecular weight is 445 g/mol. The molecule has 1 atom stereocenters. The van der Waals surface area contributed by atoms with E-state index in [1.807, 2.05) is 24.3 Å². The Balaban J connectivity index is 1.83. The summed E-state index contributed by atoms with van der Waals surface area (Å²) in [5.74, 6) is 0.667. The van der Waals surface area contributed by atoms with E-state index in [-0.39, 0.29) is 23.3 Å². The van der Waals surface area contributed by atoms with Gasteiger partial charge >= 0.3 is 0 Å². The van der Waals surface area contributed by atoms with E-state index in [9.17, 15) is 13.2 Å². The Morgan fingerprint density at radius 2 is 1.71 bits per heavy atom. The molecule has 6 nitrogen and oxygen atoms in total. The van der Waals surface area contributed by atoms with Crippen LogP contribution in [0.5, 0.6) is 5.75 Å². The summed E-state index contributed by atoms with van der Waals surface area (Å²) in [6.07, 6.45) is 2.43. The van der Waals surface area contributed by atoms with Gasteiger partial charge in [-0.1, -0.05) is 32.0 Å². The van der Waals surface area contributed by atoms with Gasteiger partial charge in [-0.3, -0.25) is 9.10 Å². The Bertz CT molecular complexity index is 1010. The van der Waals surface area contributed by atoms with Crippen LogP contribution < -0.4 is 14.4 Å². The molecule has 0 saturated carbocycles. The van der Waals surface area contributed by atoms with Gasteiger partial charge in [0.25, 0.3) is 5.91 Å². The molecule has 2 aromatic carbocycles. The van der Waals surface area contributed by atoms with E-state index in [0.717, 1.165) is 24.2 Å². The molecule has 0 spiro atoms. The number of ether oxygens (including phenoxy) is 1. The molecule has 1 N–H and O–H groups in total. The maximum absolute atomic E-state index is 13.0. The predicted molar refractivity (Wildman–Crippen MR) is 124 cm³/mol.